The van der Waals surface area contributed by atoms with Crippen molar-refractivity contribution in [3.05, 3.63) is 71.1 Å². The Morgan fingerprint density at radius 3 is 2.67 bits per heavy atom. The van der Waals surface area contributed by atoms with Gasteiger partial charge in [-0.1, -0.05) is 11.6 Å². The number of hydrogen-bond donors (Lipinski definition) is 1. The number of anilines is 2. The van der Waals surface area contributed by atoms with Crippen molar-refractivity contribution in [2.45, 2.75) is 12.6 Å². The van der Waals surface area contributed by atoms with Crippen LogP contribution in [0.2, 0.25) is 5.02 Å². The van der Waals surface area contributed by atoms with Crippen molar-refractivity contribution in [3.63, 3.8) is 0 Å². The SMILES string of the molecule is O=C(Nc1c(-c2cc(F)ccc2F)ccnc1N1CC[C@H](F)C1)c1ccc(Cl)cn1. The van der Waals surface area contributed by atoms with Crippen molar-refractivity contribution in [2.75, 3.05) is 23.3 Å². The zero-order valence-electron chi connectivity index (χ0n) is 15.6. The Morgan fingerprint density at radius 1 is 1.13 bits per heavy atom. The molecule has 0 bridgehead atoms. The van der Waals surface area contributed by atoms with E-state index in [0.29, 0.717) is 18.0 Å². The summed E-state index contributed by atoms with van der Waals surface area (Å²) in [7, 11) is 0. The zero-order chi connectivity index (χ0) is 21.3. The van der Waals surface area contributed by atoms with Gasteiger partial charge in [-0.3, -0.25) is 4.79 Å². The first-order valence-corrected chi connectivity index (χ1v) is 9.56. The number of hydrogen-bond acceptors (Lipinski definition) is 4. The standard InChI is InChI=1S/C21H16ClF3N4O/c22-12-1-4-18(27-10-12)21(30)28-19-15(16-9-13(23)2-3-17(16)25)5-7-26-20(19)29-8-6-14(24)11-29/h1-5,7,9-10,14H,6,8,11H2,(H,28,30)/t14-/m0/s1. The van der Waals surface area contributed by atoms with E-state index >= 15 is 0 Å². The van der Waals surface area contributed by atoms with Crippen LogP contribution in [-0.4, -0.2) is 35.1 Å². The highest BCUT2D eigenvalue weighted by Gasteiger charge is 2.27. The van der Waals surface area contributed by atoms with E-state index in [-0.39, 0.29) is 34.9 Å². The van der Waals surface area contributed by atoms with Crippen LogP contribution in [0.1, 0.15) is 16.9 Å². The first-order chi connectivity index (χ1) is 14.4. The van der Waals surface area contributed by atoms with Crippen LogP contribution in [-0.2, 0) is 0 Å². The molecule has 1 N–H and O–H groups in total. The van der Waals surface area contributed by atoms with Crippen LogP contribution in [0, 0.1) is 11.6 Å². The van der Waals surface area contributed by atoms with Gasteiger partial charge in [0, 0.05) is 30.1 Å². The zero-order valence-corrected chi connectivity index (χ0v) is 16.3. The van der Waals surface area contributed by atoms with Gasteiger partial charge in [0.2, 0.25) is 0 Å². The third-order valence-electron chi connectivity index (χ3n) is 4.78. The first kappa shape index (κ1) is 20.2. The monoisotopic (exact) mass is 432 g/mol. The summed E-state index contributed by atoms with van der Waals surface area (Å²) in [6, 6.07) is 7.45. The number of halogens is 4. The molecule has 0 unspecified atom stereocenters. The molecule has 0 spiro atoms. The van der Waals surface area contributed by atoms with Crippen molar-refractivity contribution < 1.29 is 18.0 Å². The van der Waals surface area contributed by atoms with Crippen LogP contribution in [0.5, 0.6) is 0 Å². The summed E-state index contributed by atoms with van der Waals surface area (Å²) < 4.78 is 42.1. The number of alkyl halides is 1. The van der Waals surface area contributed by atoms with Crippen LogP contribution >= 0.6 is 11.6 Å². The van der Waals surface area contributed by atoms with Crippen LogP contribution < -0.4 is 10.2 Å². The molecule has 0 aliphatic carbocycles. The van der Waals surface area contributed by atoms with Crippen molar-refractivity contribution in [1.29, 1.82) is 0 Å². The van der Waals surface area contributed by atoms with Crippen molar-refractivity contribution >= 4 is 29.0 Å². The quantitative estimate of drug-likeness (QED) is 0.638. The van der Waals surface area contributed by atoms with Crippen LogP contribution in [0.15, 0.2) is 48.8 Å². The molecule has 4 rings (SSSR count). The van der Waals surface area contributed by atoms with Crippen LogP contribution in [0.3, 0.4) is 0 Å². The average Bonchev–Trinajstić information content (AvgIpc) is 3.16. The molecule has 0 saturated carbocycles. The molecule has 1 aromatic carbocycles. The molecular weight excluding hydrogens is 417 g/mol. The number of pyridine rings is 2. The summed E-state index contributed by atoms with van der Waals surface area (Å²) in [5.74, 6) is -1.61. The third kappa shape index (κ3) is 4.09. The number of nitrogens with zero attached hydrogens (tertiary/aromatic N) is 3. The molecule has 1 aliphatic heterocycles. The molecule has 5 nitrogen and oxygen atoms in total. The van der Waals surface area contributed by atoms with Gasteiger partial charge >= 0.3 is 0 Å². The fraction of sp³-hybridized carbons (Fsp3) is 0.190. The molecule has 30 heavy (non-hydrogen) atoms. The number of amides is 1. The molecule has 1 amide bonds. The minimum Gasteiger partial charge on any atom is -0.352 e. The minimum atomic E-state index is -1.04. The van der Waals surface area contributed by atoms with Crippen LogP contribution in [0.4, 0.5) is 24.7 Å². The third-order valence-corrected chi connectivity index (χ3v) is 5.00. The highest BCUT2D eigenvalue weighted by molar-refractivity contribution is 6.30. The van der Waals surface area contributed by atoms with Gasteiger partial charge in [-0.15, -0.1) is 0 Å². The second-order valence-corrected chi connectivity index (χ2v) is 7.27. The molecule has 1 fully saturated rings. The first-order valence-electron chi connectivity index (χ1n) is 9.18. The second kappa shape index (κ2) is 8.31. The number of aromatic nitrogens is 2. The van der Waals surface area contributed by atoms with Crippen LogP contribution in [0.25, 0.3) is 11.1 Å². The van der Waals surface area contributed by atoms with E-state index in [9.17, 15) is 18.0 Å². The van der Waals surface area contributed by atoms with E-state index in [0.717, 1.165) is 18.2 Å². The molecule has 1 atom stereocenters. The summed E-state index contributed by atoms with van der Waals surface area (Å²) in [5, 5.41) is 3.05. The lowest BCUT2D eigenvalue weighted by Crippen LogP contribution is -2.24. The molecule has 1 saturated heterocycles. The Hall–Kier alpha value is -3.13. The Balaban J connectivity index is 1.81. The Bertz CT molecular complexity index is 1090. The molecule has 154 valence electrons. The van der Waals surface area contributed by atoms with Gasteiger partial charge in [0.05, 0.1) is 17.3 Å². The smallest absolute Gasteiger partial charge is 0.274 e. The lowest BCUT2D eigenvalue weighted by molar-refractivity contribution is 0.102. The maximum Gasteiger partial charge on any atom is 0.274 e. The highest BCUT2D eigenvalue weighted by Crippen LogP contribution is 2.38. The lowest BCUT2D eigenvalue weighted by Gasteiger charge is -2.22. The van der Waals surface area contributed by atoms with Gasteiger partial charge < -0.3 is 10.2 Å². The number of carbonyl (C=O) groups is 1. The van der Waals surface area contributed by atoms with Gasteiger partial charge in [0.25, 0.3) is 5.91 Å². The molecule has 3 heterocycles. The van der Waals surface area contributed by atoms with Gasteiger partial charge in [-0.05, 0) is 42.8 Å². The van der Waals surface area contributed by atoms with E-state index in [1.165, 1.54) is 30.6 Å². The molecule has 0 radical (unpaired) electrons. The van der Waals surface area contributed by atoms with Crippen molar-refractivity contribution in [1.82, 2.24) is 9.97 Å². The number of nitrogens with one attached hydrogen (secondary N) is 1. The number of benzene rings is 1. The molecule has 2 aromatic heterocycles. The highest BCUT2D eigenvalue weighted by atomic mass is 35.5. The second-order valence-electron chi connectivity index (χ2n) is 6.83. The van der Waals surface area contributed by atoms with E-state index in [2.05, 4.69) is 15.3 Å². The summed E-state index contributed by atoms with van der Waals surface area (Å²) in [4.78, 5) is 22.7. The Kier molecular flexibility index (Phi) is 5.59. The largest absolute Gasteiger partial charge is 0.352 e. The van der Waals surface area contributed by atoms with Crippen molar-refractivity contribution in [2.24, 2.45) is 0 Å². The summed E-state index contributed by atoms with van der Waals surface area (Å²) >= 11 is 5.82. The summed E-state index contributed by atoms with van der Waals surface area (Å²) in [6.45, 7) is 0.468. The summed E-state index contributed by atoms with van der Waals surface area (Å²) in [5.41, 5.74) is 0.401. The normalized spacial score (nSPS) is 16.0. The van der Waals surface area contributed by atoms with Gasteiger partial charge in [0.1, 0.15) is 23.5 Å². The number of rotatable bonds is 4. The topological polar surface area (TPSA) is 58.1 Å². The maximum absolute atomic E-state index is 14.5. The van der Waals surface area contributed by atoms with Gasteiger partial charge in [-0.2, -0.15) is 0 Å². The maximum atomic E-state index is 14.5. The van der Waals surface area contributed by atoms with E-state index in [4.69, 9.17) is 11.6 Å². The predicted molar refractivity (Wildman–Crippen MR) is 109 cm³/mol. The Morgan fingerprint density at radius 2 is 1.97 bits per heavy atom. The lowest BCUT2D eigenvalue weighted by atomic mass is 10.0. The van der Waals surface area contributed by atoms with Gasteiger partial charge in [-0.25, -0.2) is 23.1 Å². The van der Waals surface area contributed by atoms with E-state index in [1.807, 2.05) is 0 Å². The fourth-order valence-corrected chi connectivity index (χ4v) is 3.45. The number of carbonyl (C=O) groups excluding carboxylic acids is 1. The summed E-state index contributed by atoms with van der Waals surface area (Å²) in [6.07, 6.45) is 2.01. The average molecular weight is 433 g/mol. The molecule has 3 aromatic rings. The fourth-order valence-electron chi connectivity index (χ4n) is 3.34. The van der Waals surface area contributed by atoms with E-state index in [1.54, 1.807) is 4.90 Å². The Labute approximate surface area is 175 Å². The molecule has 9 heteroatoms. The molecule has 1 aliphatic rings. The van der Waals surface area contributed by atoms with E-state index < -0.39 is 23.7 Å². The van der Waals surface area contributed by atoms with Gasteiger partial charge in [0.15, 0.2) is 5.82 Å². The molecular formula is C21H16ClF3N4O. The van der Waals surface area contributed by atoms with Crippen molar-refractivity contribution in [3.8, 4) is 11.1 Å². The minimum absolute atomic E-state index is 0.0472. The predicted octanol–water partition coefficient (Wildman–Crippen LogP) is 4.88.